The molecule has 34 heavy (non-hydrogen) atoms. The number of rotatable bonds is 6. The second-order valence-corrected chi connectivity index (χ2v) is 8.09. The van der Waals surface area contributed by atoms with Crippen molar-refractivity contribution in [3.8, 4) is 34.4 Å². The first kappa shape index (κ1) is 21.8. The van der Waals surface area contributed by atoms with Gasteiger partial charge in [-0.1, -0.05) is 0 Å². The normalized spacial score (nSPS) is 16.9. The molecule has 2 aliphatic rings. The Bertz CT molecular complexity index is 1250. The van der Waals surface area contributed by atoms with Crippen molar-refractivity contribution in [3.63, 3.8) is 0 Å². The molecule has 1 aliphatic carbocycles. The summed E-state index contributed by atoms with van der Waals surface area (Å²) >= 11 is 0. The van der Waals surface area contributed by atoms with Crippen molar-refractivity contribution < 1.29 is 23.7 Å². The molecule has 1 atom stereocenters. The van der Waals surface area contributed by atoms with Crippen LogP contribution in [0.4, 0.5) is 5.95 Å². The van der Waals surface area contributed by atoms with Crippen molar-refractivity contribution in [2.75, 3.05) is 33.8 Å². The Morgan fingerprint density at radius 3 is 2.26 bits per heavy atom. The van der Waals surface area contributed by atoms with Gasteiger partial charge in [0.2, 0.25) is 11.7 Å². The highest BCUT2D eigenvalue weighted by molar-refractivity contribution is 5.99. The predicted octanol–water partition coefficient (Wildman–Crippen LogP) is 4.00. The zero-order chi connectivity index (χ0) is 23.8. The zero-order valence-corrected chi connectivity index (χ0v) is 19.5. The third kappa shape index (κ3) is 3.53. The highest BCUT2D eigenvalue weighted by Crippen LogP contribution is 2.45. The first-order valence-corrected chi connectivity index (χ1v) is 11.0. The third-order valence-electron chi connectivity index (χ3n) is 6.22. The molecule has 0 amide bonds. The van der Waals surface area contributed by atoms with Crippen LogP contribution in [0.15, 0.2) is 47.7 Å². The van der Waals surface area contributed by atoms with Crippen LogP contribution in [0.3, 0.4) is 0 Å². The van der Waals surface area contributed by atoms with E-state index in [1.165, 1.54) is 0 Å². The number of hydrogen-bond donors (Lipinski definition) is 1. The molecule has 1 N–H and O–H groups in total. The molecule has 0 radical (unpaired) electrons. The Labute approximate surface area is 197 Å². The lowest BCUT2D eigenvalue weighted by atomic mass is 9.85. The number of carbonyl (C=O) groups is 1. The summed E-state index contributed by atoms with van der Waals surface area (Å²) in [6.07, 6.45) is 2.07. The molecule has 0 saturated carbocycles. The molecule has 9 nitrogen and oxygen atoms in total. The number of Topliss-reactive ketones (excluding diaryl/α,β-unsaturated/α-hetero) is 1. The van der Waals surface area contributed by atoms with Gasteiger partial charge in [-0.05, 0) is 54.8 Å². The van der Waals surface area contributed by atoms with E-state index in [4.69, 9.17) is 29.0 Å². The molecule has 5 rings (SSSR count). The van der Waals surface area contributed by atoms with Gasteiger partial charge in [0, 0.05) is 23.3 Å². The predicted molar refractivity (Wildman–Crippen MR) is 126 cm³/mol. The lowest BCUT2D eigenvalue weighted by Gasteiger charge is -2.32. The topological polar surface area (TPSA) is 96.7 Å². The Balaban J connectivity index is 1.68. The molecule has 1 aromatic heterocycles. The number of allylic oxidation sites excluding steroid dienone is 2. The fourth-order valence-corrected chi connectivity index (χ4v) is 4.59. The van der Waals surface area contributed by atoms with Crippen LogP contribution in [0.5, 0.6) is 23.0 Å². The Kier molecular flexibility index (Phi) is 5.61. The van der Waals surface area contributed by atoms with E-state index >= 15 is 0 Å². The van der Waals surface area contributed by atoms with Gasteiger partial charge in [-0.3, -0.25) is 4.79 Å². The molecule has 176 valence electrons. The SMILES string of the molecule is COc1ccc(-c2nc3n(n2)[C@H](c2cc(OC)c(OC)c(OC)c2)C2=C(CCCC2=O)N3)cc1. The van der Waals surface area contributed by atoms with Gasteiger partial charge in [0.05, 0.1) is 28.4 Å². The number of carbonyl (C=O) groups excluding carboxylic acids is 1. The first-order chi connectivity index (χ1) is 16.6. The average molecular weight is 463 g/mol. The van der Waals surface area contributed by atoms with Crippen LogP contribution in [-0.2, 0) is 4.79 Å². The number of ketones is 1. The standard InChI is InChI=1S/C25H26N4O5/c1-31-16-10-8-14(9-11-16)24-27-25-26-17-6-5-7-18(30)21(17)22(29(25)28-24)15-12-19(32-2)23(34-4)20(13-15)33-3/h8-13,22H,5-7H2,1-4H3,(H,26,27,28)/t22-/m1/s1. The lowest BCUT2D eigenvalue weighted by molar-refractivity contribution is -0.116. The highest BCUT2D eigenvalue weighted by Gasteiger charge is 2.37. The maximum absolute atomic E-state index is 13.1. The fraction of sp³-hybridized carbons (Fsp3) is 0.320. The minimum atomic E-state index is -0.479. The van der Waals surface area contributed by atoms with Gasteiger partial charge in [-0.2, -0.15) is 4.98 Å². The number of ether oxygens (including phenoxy) is 4. The van der Waals surface area contributed by atoms with Crippen molar-refractivity contribution in [2.45, 2.75) is 25.3 Å². The zero-order valence-electron chi connectivity index (χ0n) is 19.5. The minimum absolute atomic E-state index is 0.0969. The molecule has 3 aromatic rings. The molecule has 0 unspecified atom stereocenters. The van der Waals surface area contributed by atoms with Crippen LogP contribution in [0, 0.1) is 0 Å². The van der Waals surface area contributed by atoms with Crippen LogP contribution in [0.2, 0.25) is 0 Å². The maximum Gasteiger partial charge on any atom is 0.226 e. The van der Waals surface area contributed by atoms with Gasteiger partial charge >= 0.3 is 0 Å². The van der Waals surface area contributed by atoms with E-state index in [1.807, 2.05) is 36.4 Å². The number of methoxy groups -OCH3 is 4. The fourth-order valence-electron chi connectivity index (χ4n) is 4.59. The largest absolute Gasteiger partial charge is 0.497 e. The van der Waals surface area contributed by atoms with Crippen molar-refractivity contribution in [1.29, 1.82) is 0 Å². The molecular formula is C25H26N4O5. The van der Waals surface area contributed by atoms with Crippen LogP contribution in [-0.4, -0.2) is 49.0 Å². The second-order valence-electron chi connectivity index (χ2n) is 8.09. The molecule has 2 aromatic carbocycles. The molecule has 1 aliphatic heterocycles. The van der Waals surface area contributed by atoms with Crippen LogP contribution in [0.25, 0.3) is 11.4 Å². The summed E-state index contributed by atoms with van der Waals surface area (Å²) in [5.74, 6) is 3.50. The van der Waals surface area contributed by atoms with E-state index in [0.29, 0.717) is 41.0 Å². The summed E-state index contributed by atoms with van der Waals surface area (Å²) < 4.78 is 23.7. The number of nitrogens with zero attached hydrogens (tertiary/aromatic N) is 3. The summed E-state index contributed by atoms with van der Waals surface area (Å²) in [6, 6.07) is 10.8. The maximum atomic E-state index is 13.1. The lowest BCUT2D eigenvalue weighted by Crippen LogP contribution is -2.31. The number of hydrogen-bond acceptors (Lipinski definition) is 8. The molecule has 0 spiro atoms. The van der Waals surface area contributed by atoms with Gasteiger partial charge in [0.1, 0.15) is 11.8 Å². The third-order valence-corrected chi connectivity index (χ3v) is 6.22. The van der Waals surface area contributed by atoms with Crippen molar-refractivity contribution in [2.24, 2.45) is 0 Å². The van der Waals surface area contributed by atoms with Gasteiger partial charge in [-0.25, -0.2) is 4.68 Å². The average Bonchev–Trinajstić information content (AvgIpc) is 3.30. The van der Waals surface area contributed by atoms with E-state index in [2.05, 4.69) is 5.32 Å². The summed E-state index contributed by atoms with van der Waals surface area (Å²) in [5, 5.41) is 8.17. The Hall–Kier alpha value is -4.01. The Morgan fingerprint density at radius 2 is 1.65 bits per heavy atom. The summed E-state index contributed by atoms with van der Waals surface area (Å²) in [5.41, 5.74) is 3.22. The van der Waals surface area contributed by atoms with Crippen LogP contribution in [0.1, 0.15) is 30.9 Å². The van der Waals surface area contributed by atoms with Gasteiger partial charge in [0.25, 0.3) is 0 Å². The monoisotopic (exact) mass is 462 g/mol. The van der Waals surface area contributed by atoms with Crippen LogP contribution < -0.4 is 24.3 Å². The van der Waals surface area contributed by atoms with Crippen molar-refractivity contribution in [1.82, 2.24) is 14.8 Å². The van der Waals surface area contributed by atoms with E-state index in [1.54, 1.807) is 33.1 Å². The van der Waals surface area contributed by atoms with Gasteiger partial charge in [-0.15, -0.1) is 5.10 Å². The van der Waals surface area contributed by atoms with Gasteiger partial charge in [0.15, 0.2) is 23.1 Å². The van der Waals surface area contributed by atoms with E-state index in [9.17, 15) is 4.79 Å². The number of aromatic nitrogens is 3. The summed E-state index contributed by atoms with van der Waals surface area (Å²) in [4.78, 5) is 17.9. The molecule has 2 heterocycles. The molecule has 0 saturated heterocycles. The number of fused-ring (bicyclic) bond motifs is 1. The minimum Gasteiger partial charge on any atom is -0.497 e. The first-order valence-electron chi connectivity index (χ1n) is 11.0. The molecular weight excluding hydrogens is 436 g/mol. The second kappa shape index (κ2) is 8.74. The highest BCUT2D eigenvalue weighted by atomic mass is 16.5. The smallest absolute Gasteiger partial charge is 0.226 e. The molecule has 9 heteroatoms. The molecule has 0 fully saturated rings. The summed E-state index contributed by atoms with van der Waals surface area (Å²) in [6.45, 7) is 0. The van der Waals surface area contributed by atoms with E-state index < -0.39 is 6.04 Å². The summed E-state index contributed by atoms with van der Waals surface area (Å²) in [7, 11) is 6.33. The van der Waals surface area contributed by atoms with Crippen LogP contribution >= 0.6 is 0 Å². The Morgan fingerprint density at radius 1 is 0.941 bits per heavy atom. The number of benzene rings is 2. The van der Waals surface area contributed by atoms with E-state index in [-0.39, 0.29) is 5.78 Å². The number of nitrogens with one attached hydrogen (secondary N) is 1. The van der Waals surface area contributed by atoms with E-state index in [0.717, 1.165) is 35.4 Å². The molecule has 0 bridgehead atoms. The quantitative estimate of drug-likeness (QED) is 0.587. The number of anilines is 1. The van der Waals surface area contributed by atoms with Crippen molar-refractivity contribution in [3.05, 3.63) is 53.2 Å². The van der Waals surface area contributed by atoms with Crippen molar-refractivity contribution >= 4 is 11.7 Å². The van der Waals surface area contributed by atoms with Gasteiger partial charge < -0.3 is 24.3 Å².